The quantitative estimate of drug-likeness (QED) is 0.797. The van der Waals surface area contributed by atoms with Crippen LogP contribution in [0.4, 0.5) is 0 Å². The van der Waals surface area contributed by atoms with Gasteiger partial charge in [0.1, 0.15) is 4.32 Å². The Hall–Kier alpha value is -0.840. The SMILES string of the molecule is S=C(NCc1ccccc1)SCc1ccc(Br)cc1. The molecule has 1 nitrogen and oxygen atoms in total. The Balaban J connectivity index is 1.74. The van der Waals surface area contributed by atoms with Gasteiger partial charge in [-0.2, -0.15) is 0 Å². The fourth-order valence-electron chi connectivity index (χ4n) is 1.55. The first-order valence-corrected chi connectivity index (χ1v) is 8.12. The molecular formula is C15H14BrNS2. The van der Waals surface area contributed by atoms with Crippen LogP contribution in [0.5, 0.6) is 0 Å². The first kappa shape index (κ1) is 14.6. The smallest absolute Gasteiger partial charge is 0.134 e. The van der Waals surface area contributed by atoms with E-state index >= 15 is 0 Å². The molecule has 0 saturated heterocycles. The molecule has 0 aromatic heterocycles. The molecule has 2 aromatic rings. The van der Waals surface area contributed by atoms with Gasteiger partial charge in [-0.15, -0.1) is 0 Å². The van der Waals surface area contributed by atoms with Crippen molar-refractivity contribution in [1.82, 2.24) is 5.32 Å². The number of hydrogen-bond donors (Lipinski definition) is 1. The van der Waals surface area contributed by atoms with Crippen molar-refractivity contribution in [2.24, 2.45) is 0 Å². The maximum absolute atomic E-state index is 5.32. The Kier molecular flexibility index (Phi) is 5.89. The number of halogens is 1. The molecule has 2 rings (SSSR count). The van der Waals surface area contributed by atoms with Gasteiger partial charge in [0.15, 0.2) is 0 Å². The molecule has 4 heteroatoms. The molecule has 2 aromatic carbocycles. The first-order valence-electron chi connectivity index (χ1n) is 5.93. The van der Waals surface area contributed by atoms with Gasteiger partial charge in [0.05, 0.1) is 0 Å². The predicted molar refractivity (Wildman–Crippen MR) is 91.3 cm³/mol. The minimum absolute atomic E-state index is 0.785. The van der Waals surface area contributed by atoms with Gasteiger partial charge in [0, 0.05) is 16.8 Å². The third kappa shape index (κ3) is 5.35. The van der Waals surface area contributed by atoms with Crippen LogP contribution in [0.3, 0.4) is 0 Å². The standard InChI is InChI=1S/C15H14BrNS2/c16-14-8-6-13(7-9-14)11-19-15(18)17-10-12-4-2-1-3-5-12/h1-9H,10-11H2,(H,17,18). The van der Waals surface area contributed by atoms with Gasteiger partial charge < -0.3 is 5.32 Å². The molecule has 0 radical (unpaired) electrons. The molecule has 0 atom stereocenters. The molecule has 0 fully saturated rings. The van der Waals surface area contributed by atoms with Crippen molar-refractivity contribution < 1.29 is 0 Å². The molecule has 1 N–H and O–H groups in total. The normalized spacial score (nSPS) is 10.2. The van der Waals surface area contributed by atoms with E-state index in [9.17, 15) is 0 Å². The van der Waals surface area contributed by atoms with Crippen LogP contribution < -0.4 is 5.32 Å². The first-order chi connectivity index (χ1) is 9.24. The molecule has 19 heavy (non-hydrogen) atoms. The van der Waals surface area contributed by atoms with Gasteiger partial charge >= 0.3 is 0 Å². The Morgan fingerprint density at radius 1 is 1.00 bits per heavy atom. The molecular weight excluding hydrogens is 338 g/mol. The summed E-state index contributed by atoms with van der Waals surface area (Å²) in [5, 5.41) is 3.27. The van der Waals surface area contributed by atoms with Crippen LogP contribution in [0.2, 0.25) is 0 Å². The van der Waals surface area contributed by atoms with Crippen molar-refractivity contribution in [3.05, 3.63) is 70.2 Å². The van der Waals surface area contributed by atoms with Gasteiger partial charge in [-0.25, -0.2) is 0 Å². The van der Waals surface area contributed by atoms with Crippen molar-refractivity contribution in [1.29, 1.82) is 0 Å². The topological polar surface area (TPSA) is 12.0 Å². The van der Waals surface area contributed by atoms with Crippen LogP contribution in [0.25, 0.3) is 0 Å². The third-order valence-corrected chi connectivity index (χ3v) is 4.47. The molecule has 0 unspecified atom stereocenters. The van der Waals surface area contributed by atoms with E-state index in [1.165, 1.54) is 11.1 Å². The monoisotopic (exact) mass is 351 g/mol. The average molecular weight is 352 g/mol. The number of thioether (sulfide) groups is 1. The fraction of sp³-hybridized carbons (Fsp3) is 0.133. The highest BCUT2D eigenvalue weighted by atomic mass is 79.9. The maximum atomic E-state index is 5.32. The minimum atomic E-state index is 0.785. The van der Waals surface area contributed by atoms with Crippen LogP contribution in [0.1, 0.15) is 11.1 Å². The highest BCUT2D eigenvalue weighted by molar-refractivity contribution is 9.10. The summed E-state index contributed by atoms with van der Waals surface area (Å²) in [6.07, 6.45) is 0. The van der Waals surface area contributed by atoms with Crippen molar-refractivity contribution in [2.75, 3.05) is 0 Å². The highest BCUT2D eigenvalue weighted by Gasteiger charge is 1.99. The van der Waals surface area contributed by atoms with Gasteiger partial charge in [-0.1, -0.05) is 82.4 Å². The summed E-state index contributed by atoms with van der Waals surface area (Å²) in [6, 6.07) is 18.6. The highest BCUT2D eigenvalue weighted by Crippen LogP contribution is 2.16. The zero-order chi connectivity index (χ0) is 13.5. The second-order valence-electron chi connectivity index (χ2n) is 4.04. The van der Waals surface area contributed by atoms with Gasteiger partial charge in [-0.3, -0.25) is 0 Å². The molecule has 0 amide bonds. The summed E-state index contributed by atoms with van der Waals surface area (Å²) in [5.41, 5.74) is 2.52. The molecule has 0 heterocycles. The summed E-state index contributed by atoms with van der Waals surface area (Å²) in [4.78, 5) is 0. The summed E-state index contributed by atoms with van der Waals surface area (Å²) < 4.78 is 1.94. The number of rotatable bonds is 4. The Morgan fingerprint density at radius 2 is 1.68 bits per heavy atom. The van der Waals surface area contributed by atoms with Crippen LogP contribution in [-0.4, -0.2) is 4.32 Å². The molecule has 0 aliphatic rings. The third-order valence-electron chi connectivity index (χ3n) is 2.56. The van der Waals surface area contributed by atoms with Crippen molar-refractivity contribution in [2.45, 2.75) is 12.3 Å². The Labute approximate surface area is 131 Å². The van der Waals surface area contributed by atoms with E-state index in [0.717, 1.165) is 21.1 Å². The lowest BCUT2D eigenvalue weighted by molar-refractivity contribution is 0.939. The summed E-state index contributed by atoms with van der Waals surface area (Å²) in [6.45, 7) is 0.785. The predicted octanol–water partition coefficient (Wildman–Crippen LogP) is 4.76. The Bertz CT molecular complexity index is 526. The van der Waals surface area contributed by atoms with E-state index in [0.29, 0.717) is 0 Å². The maximum Gasteiger partial charge on any atom is 0.134 e. The van der Waals surface area contributed by atoms with Crippen LogP contribution in [0, 0.1) is 0 Å². The lowest BCUT2D eigenvalue weighted by Gasteiger charge is -2.07. The second-order valence-corrected chi connectivity index (χ2v) is 6.61. The van der Waals surface area contributed by atoms with Gasteiger partial charge in [0.2, 0.25) is 0 Å². The number of nitrogens with one attached hydrogen (secondary N) is 1. The van der Waals surface area contributed by atoms with Crippen LogP contribution >= 0.6 is 39.9 Å². The minimum Gasteiger partial charge on any atom is -0.367 e. The number of benzene rings is 2. The van der Waals surface area contributed by atoms with E-state index in [1.807, 2.05) is 18.2 Å². The van der Waals surface area contributed by atoms with Crippen molar-refractivity contribution >= 4 is 44.2 Å². The lowest BCUT2D eigenvalue weighted by Crippen LogP contribution is -2.17. The summed E-state index contributed by atoms with van der Waals surface area (Å²) >= 11 is 10.4. The lowest BCUT2D eigenvalue weighted by atomic mass is 10.2. The fourth-order valence-corrected chi connectivity index (χ4v) is 2.73. The van der Waals surface area contributed by atoms with E-state index in [2.05, 4.69) is 57.6 Å². The molecule has 0 saturated carbocycles. The number of thiocarbonyl (C=S) groups is 1. The van der Waals surface area contributed by atoms with E-state index < -0.39 is 0 Å². The zero-order valence-corrected chi connectivity index (χ0v) is 13.5. The van der Waals surface area contributed by atoms with Crippen molar-refractivity contribution in [3.8, 4) is 0 Å². The summed E-state index contributed by atoms with van der Waals surface area (Å²) in [7, 11) is 0. The Morgan fingerprint density at radius 3 is 2.37 bits per heavy atom. The second kappa shape index (κ2) is 7.68. The van der Waals surface area contributed by atoms with Crippen molar-refractivity contribution in [3.63, 3.8) is 0 Å². The van der Waals surface area contributed by atoms with E-state index in [1.54, 1.807) is 11.8 Å². The van der Waals surface area contributed by atoms with Crippen LogP contribution in [-0.2, 0) is 12.3 Å². The zero-order valence-electron chi connectivity index (χ0n) is 10.3. The molecule has 0 aliphatic carbocycles. The van der Waals surface area contributed by atoms with E-state index in [-0.39, 0.29) is 0 Å². The molecule has 98 valence electrons. The number of hydrogen-bond acceptors (Lipinski definition) is 2. The molecule has 0 spiro atoms. The van der Waals surface area contributed by atoms with Gasteiger partial charge in [-0.05, 0) is 23.3 Å². The largest absolute Gasteiger partial charge is 0.367 e. The van der Waals surface area contributed by atoms with Gasteiger partial charge in [0.25, 0.3) is 0 Å². The average Bonchev–Trinajstić information content (AvgIpc) is 2.45. The molecule has 0 aliphatic heterocycles. The summed E-state index contributed by atoms with van der Waals surface area (Å²) in [5.74, 6) is 0.897. The van der Waals surface area contributed by atoms with E-state index in [4.69, 9.17) is 12.2 Å². The molecule has 0 bridgehead atoms. The van der Waals surface area contributed by atoms with Crippen LogP contribution in [0.15, 0.2) is 59.1 Å².